The van der Waals surface area contributed by atoms with E-state index in [1.165, 1.54) is 6.42 Å². The number of benzene rings is 1. The Morgan fingerprint density at radius 3 is 3.00 bits per heavy atom. The maximum atomic E-state index is 12.1. The number of oxazole rings is 1. The van der Waals surface area contributed by atoms with Crippen molar-refractivity contribution in [3.8, 4) is 0 Å². The van der Waals surface area contributed by atoms with E-state index in [0.717, 1.165) is 49.1 Å². The summed E-state index contributed by atoms with van der Waals surface area (Å²) in [6.07, 6.45) is 6.46. The third-order valence-electron chi connectivity index (χ3n) is 3.88. The van der Waals surface area contributed by atoms with Gasteiger partial charge >= 0.3 is 0 Å². The first-order valence-corrected chi connectivity index (χ1v) is 7.46. The fraction of sp³-hybridized carbons (Fsp3) is 0.500. The molecule has 0 saturated heterocycles. The van der Waals surface area contributed by atoms with E-state index >= 15 is 0 Å². The van der Waals surface area contributed by atoms with Gasteiger partial charge in [-0.15, -0.1) is 0 Å². The fourth-order valence-electron chi connectivity index (χ4n) is 2.37. The average molecular weight is 272 g/mol. The molecule has 1 N–H and O–H groups in total. The number of hydrogen-bond acceptors (Lipinski definition) is 3. The number of nitrogens with zero attached hydrogens (tertiary/aromatic N) is 1. The lowest BCUT2D eigenvalue weighted by atomic mass is 9.93. The number of aryl methyl sites for hydroxylation is 1. The Labute approximate surface area is 118 Å². The zero-order valence-corrected chi connectivity index (χ0v) is 11.8. The van der Waals surface area contributed by atoms with Gasteiger partial charge in [0, 0.05) is 18.0 Å². The van der Waals surface area contributed by atoms with Crippen molar-refractivity contribution in [2.45, 2.75) is 51.5 Å². The third-order valence-corrected chi connectivity index (χ3v) is 3.88. The van der Waals surface area contributed by atoms with Crippen LogP contribution in [0.3, 0.4) is 0 Å². The van der Waals surface area contributed by atoms with Crippen molar-refractivity contribution < 1.29 is 9.21 Å². The number of unbranched alkanes of at least 4 members (excludes halogenated alkanes) is 1. The molecule has 1 amide bonds. The summed E-state index contributed by atoms with van der Waals surface area (Å²) in [4.78, 5) is 16.6. The van der Waals surface area contributed by atoms with Gasteiger partial charge in [-0.1, -0.05) is 13.3 Å². The molecule has 1 saturated carbocycles. The lowest BCUT2D eigenvalue weighted by Gasteiger charge is -2.26. The number of nitrogens with one attached hydrogen (secondary N) is 1. The maximum Gasteiger partial charge on any atom is 0.251 e. The molecule has 0 atom stereocenters. The molecule has 3 rings (SSSR count). The van der Waals surface area contributed by atoms with Crippen LogP contribution in [0.1, 0.15) is 55.3 Å². The highest BCUT2D eigenvalue weighted by Crippen LogP contribution is 2.21. The molecule has 2 aromatic rings. The highest BCUT2D eigenvalue weighted by atomic mass is 16.3. The number of aromatic nitrogens is 1. The second-order valence-electron chi connectivity index (χ2n) is 5.49. The molecule has 1 aliphatic carbocycles. The Morgan fingerprint density at radius 2 is 2.30 bits per heavy atom. The smallest absolute Gasteiger partial charge is 0.251 e. The second-order valence-corrected chi connectivity index (χ2v) is 5.49. The van der Waals surface area contributed by atoms with Crippen LogP contribution in [-0.2, 0) is 6.42 Å². The number of amides is 1. The summed E-state index contributed by atoms with van der Waals surface area (Å²) < 4.78 is 5.68. The van der Waals surface area contributed by atoms with Crippen molar-refractivity contribution >= 4 is 17.0 Å². The first kappa shape index (κ1) is 13.2. The first-order chi connectivity index (χ1) is 9.76. The van der Waals surface area contributed by atoms with Crippen molar-refractivity contribution in [1.82, 2.24) is 10.3 Å². The highest BCUT2D eigenvalue weighted by molar-refractivity contribution is 5.97. The largest absolute Gasteiger partial charge is 0.441 e. The summed E-state index contributed by atoms with van der Waals surface area (Å²) in [5.41, 5.74) is 2.20. The minimum Gasteiger partial charge on any atom is -0.441 e. The highest BCUT2D eigenvalue weighted by Gasteiger charge is 2.20. The van der Waals surface area contributed by atoms with E-state index in [4.69, 9.17) is 4.42 Å². The van der Waals surface area contributed by atoms with E-state index in [-0.39, 0.29) is 5.91 Å². The van der Waals surface area contributed by atoms with Gasteiger partial charge in [-0.25, -0.2) is 4.98 Å². The predicted molar refractivity (Wildman–Crippen MR) is 77.7 cm³/mol. The molecule has 20 heavy (non-hydrogen) atoms. The van der Waals surface area contributed by atoms with Gasteiger partial charge in [-0.2, -0.15) is 0 Å². The van der Waals surface area contributed by atoms with Crippen LogP contribution in [-0.4, -0.2) is 16.9 Å². The van der Waals surface area contributed by atoms with Crippen LogP contribution in [0.5, 0.6) is 0 Å². The van der Waals surface area contributed by atoms with E-state index in [1.807, 2.05) is 18.2 Å². The van der Waals surface area contributed by atoms with Gasteiger partial charge in [0.1, 0.15) is 5.52 Å². The van der Waals surface area contributed by atoms with Gasteiger partial charge in [0.05, 0.1) is 0 Å². The molecule has 1 fully saturated rings. The monoisotopic (exact) mass is 272 g/mol. The van der Waals surface area contributed by atoms with Gasteiger partial charge in [0.15, 0.2) is 11.5 Å². The van der Waals surface area contributed by atoms with Crippen molar-refractivity contribution in [1.29, 1.82) is 0 Å². The van der Waals surface area contributed by atoms with Gasteiger partial charge in [0.2, 0.25) is 0 Å². The molecule has 1 aliphatic rings. The summed E-state index contributed by atoms with van der Waals surface area (Å²) in [5.74, 6) is 0.758. The molecule has 4 heteroatoms. The number of hydrogen-bond donors (Lipinski definition) is 1. The van der Waals surface area contributed by atoms with E-state index in [9.17, 15) is 4.79 Å². The van der Waals surface area contributed by atoms with Crippen LogP contribution in [0.4, 0.5) is 0 Å². The van der Waals surface area contributed by atoms with Gasteiger partial charge in [-0.05, 0) is 43.9 Å². The van der Waals surface area contributed by atoms with E-state index in [2.05, 4.69) is 17.2 Å². The Morgan fingerprint density at radius 1 is 1.45 bits per heavy atom. The molecule has 1 aromatic heterocycles. The van der Waals surface area contributed by atoms with Crippen LogP contribution < -0.4 is 5.32 Å². The van der Waals surface area contributed by atoms with Crippen molar-refractivity contribution in [3.05, 3.63) is 29.7 Å². The number of rotatable bonds is 5. The van der Waals surface area contributed by atoms with Crippen molar-refractivity contribution in [2.75, 3.05) is 0 Å². The zero-order chi connectivity index (χ0) is 13.9. The van der Waals surface area contributed by atoms with E-state index in [1.54, 1.807) is 0 Å². The molecule has 0 radical (unpaired) electrons. The predicted octanol–water partition coefficient (Wildman–Crippen LogP) is 3.45. The molecular weight excluding hydrogens is 252 g/mol. The molecule has 0 unspecified atom stereocenters. The summed E-state index contributed by atoms with van der Waals surface area (Å²) in [6.45, 7) is 2.14. The number of fused-ring (bicyclic) bond motifs is 1. The summed E-state index contributed by atoms with van der Waals surface area (Å²) in [5, 5.41) is 3.04. The molecule has 1 heterocycles. The fourth-order valence-corrected chi connectivity index (χ4v) is 2.37. The number of carbonyl (C=O) groups is 1. The van der Waals surface area contributed by atoms with Crippen molar-refractivity contribution in [3.63, 3.8) is 0 Å². The summed E-state index contributed by atoms with van der Waals surface area (Å²) in [6, 6.07) is 5.83. The van der Waals surface area contributed by atoms with Crippen molar-refractivity contribution in [2.24, 2.45) is 0 Å². The normalized spacial score (nSPS) is 15.2. The van der Waals surface area contributed by atoms with Crippen LogP contribution in [0.25, 0.3) is 11.1 Å². The summed E-state index contributed by atoms with van der Waals surface area (Å²) in [7, 11) is 0. The van der Waals surface area contributed by atoms with Gasteiger partial charge < -0.3 is 9.73 Å². The number of carbonyl (C=O) groups excluding carboxylic acids is 1. The van der Waals surface area contributed by atoms with Crippen LogP contribution in [0.15, 0.2) is 22.6 Å². The minimum absolute atomic E-state index is 0.00490. The molecule has 0 bridgehead atoms. The van der Waals surface area contributed by atoms with Gasteiger partial charge in [-0.3, -0.25) is 4.79 Å². The second kappa shape index (κ2) is 5.65. The minimum atomic E-state index is -0.00490. The van der Waals surface area contributed by atoms with Crippen LogP contribution in [0.2, 0.25) is 0 Å². The molecule has 0 aliphatic heterocycles. The van der Waals surface area contributed by atoms with Gasteiger partial charge in [0.25, 0.3) is 5.91 Å². The molecular formula is C16H20N2O2. The SMILES string of the molecule is CCCCc1nc2cc(C(=O)NC3CCC3)ccc2o1. The zero-order valence-electron chi connectivity index (χ0n) is 11.8. The third kappa shape index (κ3) is 2.69. The van der Waals surface area contributed by atoms with E-state index < -0.39 is 0 Å². The molecule has 0 spiro atoms. The topological polar surface area (TPSA) is 55.1 Å². The quantitative estimate of drug-likeness (QED) is 0.907. The Balaban J connectivity index is 1.76. The van der Waals surface area contributed by atoms with Crippen LogP contribution >= 0.6 is 0 Å². The Kier molecular flexibility index (Phi) is 3.72. The Bertz CT molecular complexity index is 614. The maximum absolute atomic E-state index is 12.1. The first-order valence-electron chi connectivity index (χ1n) is 7.46. The standard InChI is InChI=1S/C16H20N2O2/c1-2-3-7-15-18-13-10-11(8-9-14(13)20-15)16(19)17-12-5-4-6-12/h8-10,12H,2-7H2,1H3,(H,17,19). The Hall–Kier alpha value is -1.84. The van der Waals surface area contributed by atoms with Crippen LogP contribution in [0, 0.1) is 0 Å². The lowest BCUT2D eigenvalue weighted by molar-refractivity contribution is 0.0917. The molecule has 106 valence electrons. The van der Waals surface area contributed by atoms with E-state index in [0.29, 0.717) is 11.6 Å². The summed E-state index contributed by atoms with van der Waals surface area (Å²) >= 11 is 0. The lowest BCUT2D eigenvalue weighted by Crippen LogP contribution is -2.39. The molecule has 1 aromatic carbocycles. The molecule has 4 nitrogen and oxygen atoms in total. The average Bonchev–Trinajstić information content (AvgIpc) is 2.82.